The quantitative estimate of drug-likeness (QED) is 0.815. The van der Waals surface area contributed by atoms with Crippen LogP contribution in [0.25, 0.3) is 5.57 Å². The number of allylic oxidation sites excluding steroid dienone is 5. The predicted octanol–water partition coefficient (Wildman–Crippen LogP) is 3.21. The smallest absolute Gasteiger partial charge is 0.336 e. The summed E-state index contributed by atoms with van der Waals surface area (Å²) >= 11 is 0. The van der Waals surface area contributed by atoms with Crippen LogP contribution in [0.5, 0.6) is 0 Å². The van der Waals surface area contributed by atoms with Gasteiger partial charge in [-0.05, 0) is 29.5 Å². The average molecular weight is 238 g/mol. The average Bonchev–Trinajstić information content (AvgIpc) is 2.55. The Balaban J connectivity index is 2.26. The number of carboxylic acids is 1. The first-order chi connectivity index (χ1) is 8.77. The van der Waals surface area contributed by atoms with E-state index in [2.05, 4.69) is 6.08 Å². The molecule has 0 spiro atoms. The van der Waals surface area contributed by atoms with Gasteiger partial charge in [0.2, 0.25) is 0 Å². The third-order valence-electron chi connectivity index (χ3n) is 3.64. The fourth-order valence-electron chi connectivity index (χ4n) is 2.79. The first-order valence-corrected chi connectivity index (χ1v) is 6.18. The molecule has 2 aliphatic carbocycles. The van der Waals surface area contributed by atoms with Crippen molar-refractivity contribution in [1.82, 2.24) is 0 Å². The maximum Gasteiger partial charge on any atom is 0.336 e. The van der Waals surface area contributed by atoms with Gasteiger partial charge in [-0.25, -0.2) is 4.79 Å². The monoisotopic (exact) mass is 238 g/mol. The Morgan fingerprint density at radius 3 is 2.89 bits per heavy atom. The van der Waals surface area contributed by atoms with Crippen LogP contribution in [0, 0.1) is 5.92 Å². The minimum Gasteiger partial charge on any atom is -0.478 e. The maximum absolute atomic E-state index is 11.6. The van der Waals surface area contributed by atoms with Crippen molar-refractivity contribution in [2.24, 2.45) is 5.92 Å². The van der Waals surface area contributed by atoms with Crippen molar-refractivity contribution in [2.75, 3.05) is 0 Å². The van der Waals surface area contributed by atoms with E-state index in [4.69, 9.17) is 0 Å². The molecule has 2 aliphatic rings. The van der Waals surface area contributed by atoms with Crippen LogP contribution in [0.1, 0.15) is 17.5 Å². The lowest BCUT2D eigenvalue weighted by atomic mass is 9.88. The number of aliphatic carboxylic acids is 1. The third kappa shape index (κ3) is 1.70. The molecule has 18 heavy (non-hydrogen) atoms. The van der Waals surface area contributed by atoms with Crippen LogP contribution in [0.2, 0.25) is 0 Å². The van der Waals surface area contributed by atoms with E-state index in [1.54, 1.807) is 0 Å². The molecule has 0 bridgehead atoms. The lowest BCUT2D eigenvalue weighted by molar-refractivity contribution is -0.130. The first-order valence-electron chi connectivity index (χ1n) is 6.18. The number of carbonyl (C=O) groups is 1. The van der Waals surface area contributed by atoms with Gasteiger partial charge in [-0.3, -0.25) is 0 Å². The molecule has 1 N–H and O–H groups in total. The molecule has 0 saturated heterocycles. The molecule has 0 radical (unpaired) electrons. The molecule has 2 heteroatoms. The Bertz CT molecular complexity index is 591. The second-order valence-corrected chi connectivity index (χ2v) is 4.68. The molecular formula is C16H14O2. The van der Waals surface area contributed by atoms with Crippen molar-refractivity contribution in [1.29, 1.82) is 0 Å². The van der Waals surface area contributed by atoms with Gasteiger partial charge in [0.15, 0.2) is 0 Å². The number of rotatable bonds is 1. The van der Waals surface area contributed by atoms with Crippen molar-refractivity contribution in [3.8, 4) is 0 Å². The Morgan fingerprint density at radius 1 is 1.22 bits per heavy atom. The van der Waals surface area contributed by atoms with E-state index in [9.17, 15) is 9.90 Å². The highest BCUT2D eigenvalue weighted by atomic mass is 16.4. The Hall–Kier alpha value is -2.09. The minimum atomic E-state index is -0.829. The standard InChI is InChI=1S/C16H14O2/c17-16(18)15-13-7-3-1-5-11(13)9-10-12-6-2-4-8-14(12)15/h1-8,11H,9-10H2,(H,17,18). The van der Waals surface area contributed by atoms with Crippen LogP contribution in [0.3, 0.4) is 0 Å². The topological polar surface area (TPSA) is 37.3 Å². The van der Waals surface area contributed by atoms with Gasteiger partial charge in [-0.1, -0.05) is 48.6 Å². The first kappa shape index (κ1) is 11.0. The van der Waals surface area contributed by atoms with E-state index in [1.807, 2.05) is 42.5 Å². The molecule has 0 saturated carbocycles. The fourth-order valence-corrected chi connectivity index (χ4v) is 2.79. The van der Waals surface area contributed by atoms with Gasteiger partial charge in [-0.2, -0.15) is 0 Å². The summed E-state index contributed by atoms with van der Waals surface area (Å²) in [5, 5.41) is 9.53. The fraction of sp³-hybridized carbons (Fsp3) is 0.188. The van der Waals surface area contributed by atoms with Crippen LogP contribution >= 0.6 is 0 Å². The summed E-state index contributed by atoms with van der Waals surface area (Å²) in [5.41, 5.74) is 3.42. The molecule has 1 unspecified atom stereocenters. The summed E-state index contributed by atoms with van der Waals surface area (Å²) in [4.78, 5) is 11.6. The predicted molar refractivity (Wildman–Crippen MR) is 71.1 cm³/mol. The Kier molecular flexibility index (Phi) is 2.63. The van der Waals surface area contributed by atoms with E-state index < -0.39 is 5.97 Å². The van der Waals surface area contributed by atoms with Crippen molar-refractivity contribution in [3.63, 3.8) is 0 Å². The molecule has 0 aliphatic heterocycles. The van der Waals surface area contributed by atoms with Crippen molar-refractivity contribution in [2.45, 2.75) is 12.8 Å². The van der Waals surface area contributed by atoms with Crippen LogP contribution in [-0.2, 0) is 11.2 Å². The molecule has 0 aromatic heterocycles. The zero-order valence-electron chi connectivity index (χ0n) is 9.97. The SMILES string of the molecule is O=C(O)C1=C2C=CC=CC2CCc2ccccc21. The van der Waals surface area contributed by atoms with Crippen LogP contribution < -0.4 is 0 Å². The van der Waals surface area contributed by atoms with Gasteiger partial charge in [0.25, 0.3) is 0 Å². The minimum absolute atomic E-state index is 0.230. The van der Waals surface area contributed by atoms with Gasteiger partial charge in [-0.15, -0.1) is 0 Å². The largest absolute Gasteiger partial charge is 0.478 e. The molecule has 1 aromatic carbocycles. The second-order valence-electron chi connectivity index (χ2n) is 4.68. The molecule has 90 valence electrons. The van der Waals surface area contributed by atoms with Gasteiger partial charge in [0, 0.05) is 5.92 Å². The number of hydrogen-bond donors (Lipinski definition) is 1. The number of hydrogen-bond acceptors (Lipinski definition) is 1. The Morgan fingerprint density at radius 2 is 2.06 bits per heavy atom. The van der Waals surface area contributed by atoms with Crippen molar-refractivity contribution >= 4 is 11.5 Å². The lowest BCUT2D eigenvalue weighted by Gasteiger charge is -2.16. The summed E-state index contributed by atoms with van der Waals surface area (Å²) in [6, 6.07) is 7.83. The van der Waals surface area contributed by atoms with E-state index in [1.165, 1.54) is 0 Å². The highest BCUT2D eigenvalue weighted by molar-refractivity contribution is 6.17. The molecule has 1 aromatic rings. The van der Waals surface area contributed by atoms with E-state index in [0.29, 0.717) is 5.57 Å². The zero-order valence-corrected chi connectivity index (χ0v) is 9.97. The molecule has 3 rings (SSSR count). The van der Waals surface area contributed by atoms with Gasteiger partial charge < -0.3 is 5.11 Å². The van der Waals surface area contributed by atoms with E-state index in [-0.39, 0.29) is 5.92 Å². The van der Waals surface area contributed by atoms with Crippen LogP contribution in [-0.4, -0.2) is 11.1 Å². The van der Waals surface area contributed by atoms with Crippen LogP contribution in [0.4, 0.5) is 0 Å². The maximum atomic E-state index is 11.6. The number of aryl methyl sites for hydroxylation is 1. The second kappa shape index (κ2) is 4.30. The van der Waals surface area contributed by atoms with Crippen molar-refractivity contribution in [3.05, 3.63) is 65.3 Å². The molecule has 0 amide bonds. The molecule has 2 nitrogen and oxygen atoms in total. The van der Waals surface area contributed by atoms with E-state index >= 15 is 0 Å². The Labute approximate surface area is 106 Å². The van der Waals surface area contributed by atoms with Gasteiger partial charge >= 0.3 is 5.97 Å². The normalized spacial score (nSPS) is 21.2. The molecule has 0 fully saturated rings. The van der Waals surface area contributed by atoms with Crippen LogP contribution in [0.15, 0.2) is 54.1 Å². The van der Waals surface area contributed by atoms with E-state index in [0.717, 1.165) is 29.5 Å². The summed E-state index contributed by atoms with van der Waals surface area (Å²) in [6.45, 7) is 0. The summed E-state index contributed by atoms with van der Waals surface area (Å²) < 4.78 is 0. The van der Waals surface area contributed by atoms with Crippen molar-refractivity contribution < 1.29 is 9.90 Å². The third-order valence-corrected chi connectivity index (χ3v) is 3.64. The number of carboxylic acid groups (broad SMARTS) is 1. The van der Waals surface area contributed by atoms with Gasteiger partial charge in [0.1, 0.15) is 0 Å². The number of benzene rings is 1. The lowest BCUT2D eigenvalue weighted by Crippen LogP contribution is -2.08. The summed E-state index contributed by atoms with van der Waals surface area (Å²) in [5.74, 6) is -0.599. The summed E-state index contributed by atoms with van der Waals surface area (Å²) in [6.07, 6.45) is 9.87. The highest BCUT2D eigenvalue weighted by Gasteiger charge is 2.26. The molecule has 1 atom stereocenters. The van der Waals surface area contributed by atoms with Gasteiger partial charge in [0.05, 0.1) is 5.57 Å². The molecule has 0 heterocycles. The highest BCUT2D eigenvalue weighted by Crippen LogP contribution is 2.36. The number of fused-ring (bicyclic) bond motifs is 2. The zero-order chi connectivity index (χ0) is 12.5. The summed E-state index contributed by atoms with van der Waals surface area (Å²) in [7, 11) is 0. The molecular weight excluding hydrogens is 224 g/mol.